The molecule has 0 unspecified atom stereocenters. The van der Waals surface area contributed by atoms with Gasteiger partial charge in [0.15, 0.2) is 0 Å². The largest absolute Gasteiger partial charge is 0.395 e. The van der Waals surface area contributed by atoms with E-state index in [0.717, 1.165) is 23.6 Å². The van der Waals surface area contributed by atoms with Gasteiger partial charge in [0, 0.05) is 35.2 Å². The van der Waals surface area contributed by atoms with Crippen LogP contribution in [0.15, 0.2) is 24.4 Å². The lowest BCUT2D eigenvalue weighted by Gasteiger charge is -2.06. The molecule has 1 heterocycles. The molecule has 0 saturated heterocycles. The van der Waals surface area contributed by atoms with Crippen molar-refractivity contribution in [2.24, 2.45) is 5.92 Å². The molecule has 19 heavy (non-hydrogen) atoms. The Morgan fingerprint density at radius 2 is 2.16 bits per heavy atom. The number of aliphatic hydroxyl groups excluding tert-OH is 1. The molecule has 4 heteroatoms. The van der Waals surface area contributed by atoms with Gasteiger partial charge in [-0.05, 0) is 30.2 Å². The molecule has 0 saturated carbocycles. The summed E-state index contributed by atoms with van der Waals surface area (Å²) < 4.78 is 2.06. The number of benzene rings is 1. The molecule has 1 aromatic carbocycles. The van der Waals surface area contributed by atoms with Gasteiger partial charge in [-0.3, -0.25) is 0 Å². The van der Waals surface area contributed by atoms with Crippen LogP contribution in [0.4, 0.5) is 0 Å². The number of hydrogen-bond donors (Lipinski definition) is 2. The van der Waals surface area contributed by atoms with Crippen molar-refractivity contribution in [2.75, 3.05) is 13.2 Å². The Morgan fingerprint density at radius 3 is 2.84 bits per heavy atom. The van der Waals surface area contributed by atoms with Gasteiger partial charge < -0.3 is 15.0 Å². The topological polar surface area (TPSA) is 37.2 Å². The van der Waals surface area contributed by atoms with Crippen LogP contribution < -0.4 is 5.32 Å². The first kappa shape index (κ1) is 14.4. The van der Waals surface area contributed by atoms with Crippen molar-refractivity contribution in [3.05, 3.63) is 35.0 Å². The van der Waals surface area contributed by atoms with Gasteiger partial charge in [0.1, 0.15) is 0 Å². The molecule has 0 aliphatic carbocycles. The highest BCUT2D eigenvalue weighted by Crippen LogP contribution is 2.24. The number of rotatable bonds is 6. The van der Waals surface area contributed by atoms with Gasteiger partial charge in [0.2, 0.25) is 0 Å². The van der Waals surface area contributed by atoms with E-state index in [1.54, 1.807) is 0 Å². The molecule has 2 rings (SSSR count). The van der Waals surface area contributed by atoms with E-state index in [1.165, 1.54) is 10.9 Å². The molecule has 3 nitrogen and oxygen atoms in total. The lowest BCUT2D eigenvalue weighted by Crippen LogP contribution is -2.18. The molecule has 0 bridgehead atoms. The van der Waals surface area contributed by atoms with Gasteiger partial charge in [-0.2, -0.15) is 0 Å². The highest BCUT2D eigenvalue weighted by Gasteiger charge is 2.08. The lowest BCUT2D eigenvalue weighted by molar-refractivity contribution is 0.278. The summed E-state index contributed by atoms with van der Waals surface area (Å²) in [5.41, 5.74) is 2.34. The molecule has 0 aliphatic rings. The summed E-state index contributed by atoms with van der Waals surface area (Å²) in [4.78, 5) is 0. The molecule has 104 valence electrons. The third kappa shape index (κ3) is 3.50. The number of nitrogens with zero attached hydrogens (tertiary/aromatic N) is 1. The number of aliphatic hydroxyl groups is 1. The number of hydrogen-bond acceptors (Lipinski definition) is 2. The SMILES string of the molecule is CC(C)CNCc1cn(CCO)c2cc(Cl)ccc12. The van der Waals surface area contributed by atoms with E-state index in [2.05, 4.69) is 36.0 Å². The summed E-state index contributed by atoms with van der Waals surface area (Å²) >= 11 is 6.05. The molecule has 1 aromatic heterocycles. The fourth-order valence-electron chi connectivity index (χ4n) is 2.27. The van der Waals surface area contributed by atoms with E-state index < -0.39 is 0 Å². The van der Waals surface area contributed by atoms with Gasteiger partial charge in [-0.1, -0.05) is 31.5 Å². The van der Waals surface area contributed by atoms with Gasteiger partial charge in [0.25, 0.3) is 0 Å². The maximum atomic E-state index is 9.14. The summed E-state index contributed by atoms with van der Waals surface area (Å²) in [6.07, 6.45) is 2.10. The van der Waals surface area contributed by atoms with E-state index in [1.807, 2.05) is 12.1 Å². The Bertz CT molecular complexity index is 548. The summed E-state index contributed by atoms with van der Waals surface area (Å²) in [5.74, 6) is 0.639. The van der Waals surface area contributed by atoms with Crippen molar-refractivity contribution in [3.8, 4) is 0 Å². The van der Waals surface area contributed by atoms with Crippen LogP contribution in [0.25, 0.3) is 10.9 Å². The van der Waals surface area contributed by atoms with Gasteiger partial charge in [-0.25, -0.2) is 0 Å². The van der Waals surface area contributed by atoms with Crippen molar-refractivity contribution < 1.29 is 5.11 Å². The van der Waals surface area contributed by atoms with Crippen LogP contribution in [-0.2, 0) is 13.1 Å². The van der Waals surface area contributed by atoms with Crippen LogP contribution in [0.3, 0.4) is 0 Å². The Balaban J connectivity index is 2.27. The van der Waals surface area contributed by atoms with Crippen LogP contribution in [-0.4, -0.2) is 22.8 Å². The lowest BCUT2D eigenvalue weighted by atomic mass is 10.1. The highest BCUT2D eigenvalue weighted by atomic mass is 35.5. The van der Waals surface area contributed by atoms with E-state index in [0.29, 0.717) is 12.5 Å². The Labute approximate surface area is 119 Å². The molecule has 0 aliphatic heterocycles. The quantitative estimate of drug-likeness (QED) is 0.853. The third-order valence-corrected chi connectivity index (χ3v) is 3.37. The first-order chi connectivity index (χ1) is 9.11. The molecule has 2 aromatic rings. The highest BCUT2D eigenvalue weighted by molar-refractivity contribution is 6.31. The molecule has 0 spiro atoms. The van der Waals surface area contributed by atoms with Crippen LogP contribution >= 0.6 is 11.6 Å². The monoisotopic (exact) mass is 280 g/mol. The van der Waals surface area contributed by atoms with Crippen LogP contribution in [0.5, 0.6) is 0 Å². The second-order valence-corrected chi connectivity index (χ2v) is 5.69. The van der Waals surface area contributed by atoms with E-state index >= 15 is 0 Å². The molecule has 0 amide bonds. The maximum Gasteiger partial charge on any atom is 0.0610 e. The fraction of sp³-hybridized carbons (Fsp3) is 0.467. The number of nitrogens with one attached hydrogen (secondary N) is 1. The Hall–Kier alpha value is -1.03. The second-order valence-electron chi connectivity index (χ2n) is 5.26. The molecule has 0 radical (unpaired) electrons. The van der Waals surface area contributed by atoms with Gasteiger partial charge in [0.05, 0.1) is 6.61 Å². The number of halogens is 1. The Morgan fingerprint density at radius 1 is 1.37 bits per heavy atom. The third-order valence-electron chi connectivity index (χ3n) is 3.14. The van der Waals surface area contributed by atoms with Crippen LogP contribution in [0, 0.1) is 5.92 Å². The average Bonchev–Trinajstić information content (AvgIpc) is 2.67. The number of aromatic nitrogens is 1. The van der Waals surface area contributed by atoms with Crippen molar-refractivity contribution in [1.29, 1.82) is 0 Å². The van der Waals surface area contributed by atoms with E-state index in [4.69, 9.17) is 16.7 Å². The van der Waals surface area contributed by atoms with Crippen molar-refractivity contribution >= 4 is 22.5 Å². The first-order valence-electron chi connectivity index (χ1n) is 6.70. The average molecular weight is 281 g/mol. The van der Waals surface area contributed by atoms with Crippen LogP contribution in [0.2, 0.25) is 5.02 Å². The van der Waals surface area contributed by atoms with Crippen molar-refractivity contribution in [3.63, 3.8) is 0 Å². The van der Waals surface area contributed by atoms with Gasteiger partial charge >= 0.3 is 0 Å². The zero-order chi connectivity index (χ0) is 13.8. The van der Waals surface area contributed by atoms with Crippen molar-refractivity contribution in [2.45, 2.75) is 26.9 Å². The first-order valence-corrected chi connectivity index (χ1v) is 7.08. The van der Waals surface area contributed by atoms with Crippen molar-refractivity contribution in [1.82, 2.24) is 9.88 Å². The fourth-order valence-corrected chi connectivity index (χ4v) is 2.44. The maximum absolute atomic E-state index is 9.14. The zero-order valence-corrected chi connectivity index (χ0v) is 12.2. The Kier molecular flexibility index (Phi) is 4.86. The minimum atomic E-state index is 0.134. The standard InChI is InChI=1S/C15H21ClN2O/c1-11(2)8-17-9-12-10-18(5-6-19)15-7-13(16)3-4-14(12)15/h3-4,7,10-11,17,19H,5-6,8-9H2,1-2H3. The summed E-state index contributed by atoms with van der Waals surface area (Å²) in [5, 5.41) is 14.5. The van der Waals surface area contributed by atoms with Gasteiger partial charge in [-0.15, -0.1) is 0 Å². The van der Waals surface area contributed by atoms with Crippen LogP contribution in [0.1, 0.15) is 19.4 Å². The minimum absolute atomic E-state index is 0.134. The summed E-state index contributed by atoms with van der Waals surface area (Å²) in [6, 6.07) is 5.93. The predicted molar refractivity (Wildman–Crippen MR) is 80.6 cm³/mol. The molecular weight excluding hydrogens is 260 g/mol. The molecular formula is C15H21ClN2O. The number of fused-ring (bicyclic) bond motifs is 1. The zero-order valence-electron chi connectivity index (χ0n) is 11.5. The molecule has 2 N–H and O–H groups in total. The molecule has 0 fully saturated rings. The normalized spacial score (nSPS) is 11.6. The second kappa shape index (κ2) is 6.42. The predicted octanol–water partition coefficient (Wildman–Crippen LogP) is 3.03. The summed E-state index contributed by atoms with van der Waals surface area (Å²) in [6.45, 7) is 6.97. The summed E-state index contributed by atoms with van der Waals surface area (Å²) in [7, 11) is 0. The smallest absolute Gasteiger partial charge is 0.0610 e. The van der Waals surface area contributed by atoms with E-state index in [-0.39, 0.29) is 6.61 Å². The van der Waals surface area contributed by atoms with E-state index in [9.17, 15) is 0 Å². The minimum Gasteiger partial charge on any atom is -0.395 e. The molecule has 0 atom stereocenters.